The number of hydrogen-bond acceptors (Lipinski definition) is 5. The maximum absolute atomic E-state index is 12.7. The molecule has 2 aliphatic rings. The number of aryl methyl sites for hydroxylation is 2. The lowest BCUT2D eigenvalue weighted by atomic mass is 9.88. The van der Waals surface area contributed by atoms with Gasteiger partial charge in [0.1, 0.15) is 10.6 Å². The molecule has 2 aromatic rings. The number of nitrogens with zero attached hydrogens (tertiary/aromatic N) is 1. The summed E-state index contributed by atoms with van der Waals surface area (Å²) in [7, 11) is 0. The maximum atomic E-state index is 12.7. The lowest BCUT2D eigenvalue weighted by Crippen LogP contribution is -2.30. The van der Waals surface area contributed by atoms with Crippen LogP contribution >= 0.6 is 11.3 Å². The van der Waals surface area contributed by atoms with Crippen LogP contribution in [0, 0.1) is 0 Å². The summed E-state index contributed by atoms with van der Waals surface area (Å²) in [5.41, 5.74) is 3.25. The molecule has 1 aromatic heterocycles. The van der Waals surface area contributed by atoms with Crippen molar-refractivity contribution in [3.63, 3.8) is 0 Å². The number of carbonyl (C=O) groups excluding carboxylic acids is 3. The first-order chi connectivity index (χ1) is 12.1. The van der Waals surface area contributed by atoms with Crippen LogP contribution in [0.15, 0.2) is 36.4 Å². The van der Waals surface area contributed by atoms with Crippen LogP contribution in [-0.4, -0.2) is 24.4 Å². The normalized spacial score (nSPS) is 15.3. The summed E-state index contributed by atoms with van der Waals surface area (Å²) in [5.74, 6) is -1.36. The summed E-state index contributed by atoms with van der Waals surface area (Å²) >= 11 is 1.33. The van der Waals surface area contributed by atoms with Gasteiger partial charge in [-0.1, -0.05) is 24.3 Å². The third kappa shape index (κ3) is 2.41. The van der Waals surface area contributed by atoms with Crippen molar-refractivity contribution < 1.29 is 19.1 Å². The van der Waals surface area contributed by atoms with Crippen molar-refractivity contribution in [2.75, 3.05) is 11.5 Å². The van der Waals surface area contributed by atoms with Gasteiger partial charge in [0.25, 0.3) is 11.8 Å². The maximum Gasteiger partial charge on any atom is 0.341 e. The van der Waals surface area contributed by atoms with Crippen LogP contribution in [0.2, 0.25) is 0 Å². The molecule has 6 heteroatoms. The zero-order valence-corrected chi connectivity index (χ0v) is 14.4. The second kappa shape index (κ2) is 5.97. The van der Waals surface area contributed by atoms with Gasteiger partial charge in [0.05, 0.1) is 6.61 Å². The van der Waals surface area contributed by atoms with Crippen LogP contribution in [-0.2, 0) is 27.2 Å². The Kier molecular flexibility index (Phi) is 3.77. The van der Waals surface area contributed by atoms with Gasteiger partial charge in [0.15, 0.2) is 0 Å². The third-order valence-electron chi connectivity index (χ3n) is 4.36. The smallest absolute Gasteiger partial charge is 0.341 e. The average molecular weight is 353 g/mol. The van der Waals surface area contributed by atoms with Crippen LogP contribution in [0.1, 0.15) is 27.7 Å². The molecule has 1 aliphatic carbocycles. The van der Waals surface area contributed by atoms with E-state index in [0.29, 0.717) is 10.6 Å². The standard InChI is InChI=1S/C19H15NO4S/c1-2-24-19(23)17-16-12-6-4-3-5-11(12)7-8-13(16)25-18(17)20-14(21)9-10-15(20)22/h3-6,9-10H,2,7-8H2,1H3. The van der Waals surface area contributed by atoms with Crippen molar-refractivity contribution in [2.24, 2.45) is 0 Å². The minimum absolute atomic E-state index is 0.227. The number of amides is 2. The lowest BCUT2D eigenvalue weighted by Gasteiger charge is -2.18. The molecule has 0 spiro atoms. The number of rotatable bonds is 3. The molecule has 0 saturated carbocycles. The number of benzene rings is 1. The van der Waals surface area contributed by atoms with Crippen molar-refractivity contribution in [1.82, 2.24) is 0 Å². The number of esters is 1. The van der Waals surface area contributed by atoms with Gasteiger partial charge in [0, 0.05) is 22.6 Å². The minimum Gasteiger partial charge on any atom is -0.462 e. The zero-order valence-electron chi connectivity index (χ0n) is 13.6. The van der Waals surface area contributed by atoms with Gasteiger partial charge in [-0.3, -0.25) is 9.59 Å². The van der Waals surface area contributed by atoms with Crippen LogP contribution in [0.25, 0.3) is 11.1 Å². The first kappa shape index (κ1) is 15.8. The number of carbonyl (C=O) groups is 3. The van der Waals surface area contributed by atoms with Crippen molar-refractivity contribution in [1.29, 1.82) is 0 Å². The summed E-state index contributed by atoms with van der Waals surface area (Å²) in [4.78, 5) is 39.1. The highest BCUT2D eigenvalue weighted by Crippen LogP contribution is 2.47. The number of fused-ring (bicyclic) bond motifs is 3. The molecule has 5 nitrogen and oxygen atoms in total. The average Bonchev–Trinajstić information content (AvgIpc) is 3.14. The third-order valence-corrected chi connectivity index (χ3v) is 5.60. The van der Waals surface area contributed by atoms with Gasteiger partial charge in [-0.2, -0.15) is 0 Å². The molecule has 0 saturated heterocycles. The number of imide groups is 1. The van der Waals surface area contributed by atoms with Crippen LogP contribution in [0.4, 0.5) is 5.00 Å². The summed E-state index contributed by atoms with van der Waals surface area (Å²) in [6.07, 6.45) is 4.09. The fraction of sp³-hybridized carbons (Fsp3) is 0.211. The molecule has 1 aliphatic heterocycles. The van der Waals surface area contributed by atoms with Gasteiger partial charge in [0.2, 0.25) is 0 Å². The van der Waals surface area contributed by atoms with E-state index in [2.05, 4.69) is 0 Å². The van der Waals surface area contributed by atoms with E-state index in [0.717, 1.165) is 39.3 Å². The first-order valence-electron chi connectivity index (χ1n) is 8.09. The molecular formula is C19H15NO4S. The Morgan fingerprint density at radius 3 is 2.60 bits per heavy atom. The summed E-state index contributed by atoms with van der Waals surface area (Å²) in [6, 6.07) is 7.91. The van der Waals surface area contributed by atoms with Crippen molar-refractivity contribution in [3.8, 4) is 11.1 Å². The zero-order chi connectivity index (χ0) is 17.6. The van der Waals surface area contributed by atoms with Crippen LogP contribution in [0.3, 0.4) is 0 Å². The van der Waals surface area contributed by atoms with Crippen LogP contribution in [0.5, 0.6) is 0 Å². The molecule has 0 radical (unpaired) electrons. The minimum atomic E-state index is -0.501. The van der Waals surface area contributed by atoms with Crippen molar-refractivity contribution in [2.45, 2.75) is 19.8 Å². The predicted octanol–water partition coefficient (Wildman–Crippen LogP) is 3.12. The Hall–Kier alpha value is -2.73. The first-order valence-corrected chi connectivity index (χ1v) is 8.90. The van der Waals surface area contributed by atoms with Gasteiger partial charge in [-0.15, -0.1) is 11.3 Å². The Balaban J connectivity index is 1.96. The van der Waals surface area contributed by atoms with E-state index in [9.17, 15) is 14.4 Å². The highest BCUT2D eigenvalue weighted by atomic mass is 32.1. The molecule has 0 fully saturated rings. The molecule has 0 unspecified atom stereocenters. The van der Waals surface area contributed by atoms with E-state index in [-0.39, 0.29) is 6.61 Å². The van der Waals surface area contributed by atoms with Gasteiger partial charge < -0.3 is 4.74 Å². The molecule has 2 heterocycles. The lowest BCUT2D eigenvalue weighted by molar-refractivity contribution is -0.119. The number of hydrogen-bond donors (Lipinski definition) is 0. The number of anilines is 1. The van der Waals surface area contributed by atoms with Gasteiger partial charge in [-0.05, 0) is 30.9 Å². The fourth-order valence-electron chi connectivity index (χ4n) is 3.31. The largest absolute Gasteiger partial charge is 0.462 e. The number of thiophene rings is 1. The molecule has 1 aromatic carbocycles. The van der Waals surface area contributed by atoms with Gasteiger partial charge >= 0.3 is 5.97 Å². The molecule has 4 rings (SSSR count). The van der Waals surface area contributed by atoms with Gasteiger partial charge in [-0.25, -0.2) is 9.69 Å². The van der Waals surface area contributed by atoms with E-state index in [1.165, 1.54) is 23.5 Å². The highest BCUT2D eigenvalue weighted by Gasteiger charge is 2.36. The summed E-state index contributed by atoms with van der Waals surface area (Å²) < 4.78 is 5.24. The fourth-order valence-corrected chi connectivity index (χ4v) is 4.62. The SMILES string of the molecule is CCOC(=O)c1c(N2C(=O)C=CC2=O)sc2c1-c1ccccc1CC2. The van der Waals surface area contributed by atoms with E-state index >= 15 is 0 Å². The number of ether oxygens (including phenoxy) is 1. The molecule has 0 bridgehead atoms. The summed E-state index contributed by atoms with van der Waals surface area (Å²) in [6.45, 7) is 1.96. The monoisotopic (exact) mass is 353 g/mol. The molecule has 2 amide bonds. The van der Waals surface area contributed by atoms with Crippen LogP contribution < -0.4 is 4.90 Å². The highest BCUT2D eigenvalue weighted by molar-refractivity contribution is 7.17. The van der Waals surface area contributed by atoms with E-state index in [1.54, 1.807) is 6.92 Å². The Labute approximate surface area is 148 Å². The predicted molar refractivity (Wildman–Crippen MR) is 94.8 cm³/mol. The van der Waals surface area contributed by atoms with E-state index in [4.69, 9.17) is 4.74 Å². The van der Waals surface area contributed by atoms with E-state index < -0.39 is 17.8 Å². The van der Waals surface area contributed by atoms with Crippen molar-refractivity contribution >= 4 is 34.1 Å². The molecule has 0 atom stereocenters. The topological polar surface area (TPSA) is 63.7 Å². The van der Waals surface area contributed by atoms with Crippen molar-refractivity contribution in [3.05, 3.63) is 52.4 Å². The second-order valence-corrected chi connectivity index (χ2v) is 6.89. The van der Waals surface area contributed by atoms with E-state index in [1.807, 2.05) is 24.3 Å². The quantitative estimate of drug-likeness (QED) is 0.628. The Morgan fingerprint density at radius 1 is 1.16 bits per heavy atom. The molecule has 126 valence electrons. The second-order valence-electron chi connectivity index (χ2n) is 5.80. The molecule has 25 heavy (non-hydrogen) atoms. The molecular weight excluding hydrogens is 338 g/mol. The summed E-state index contributed by atoms with van der Waals surface area (Å²) in [5, 5.41) is 0.361. The molecule has 0 N–H and O–H groups in total. The Morgan fingerprint density at radius 2 is 1.88 bits per heavy atom. The Bertz CT molecular complexity index is 923.